The summed E-state index contributed by atoms with van der Waals surface area (Å²) in [5, 5.41) is 15.2. The number of halogens is 1. The molecule has 0 spiro atoms. The van der Waals surface area contributed by atoms with Crippen LogP contribution in [0.25, 0.3) is 0 Å². The summed E-state index contributed by atoms with van der Waals surface area (Å²) >= 11 is 3.69. The van der Waals surface area contributed by atoms with Gasteiger partial charge in [-0.2, -0.15) is 0 Å². The Balaban J connectivity index is 1.51. The molecule has 0 aromatic carbocycles. The molecule has 0 saturated heterocycles. The first-order valence-electron chi connectivity index (χ1n) is 10.9. The average Bonchev–Trinajstić information content (AvgIpc) is 2.69. The highest BCUT2D eigenvalue weighted by molar-refractivity contribution is 9.10. The van der Waals surface area contributed by atoms with Crippen molar-refractivity contribution < 1.29 is 0 Å². The van der Waals surface area contributed by atoms with Gasteiger partial charge < -0.3 is 21.3 Å². The van der Waals surface area contributed by atoms with Crippen LogP contribution in [-0.4, -0.2) is 42.2 Å². The van der Waals surface area contributed by atoms with Crippen LogP contribution >= 0.6 is 15.9 Å². The van der Waals surface area contributed by atoms with Crippen molar-refractivity contribution in [3.05, 3.63) is 28.0 Å². The first kappa shape index (κ1) is 19.8. The zero-order valence-corrected chi connectivity index (χ0v) is 17.9. The summed E-state index contributed by atoms with van der Waals surface area (Å²) in [4.78, 5) is 4.92. The lowest BCUT2D eigenvalue weighted by Gasteiger charge is -2.34. The summed E-state index contributed by atoms with van der Waals surface area (Å²) in [5.41, 5.74) is 2.28. The Morgan fingerprint density at radius 1 is 0.667 bits per heavy atom. The molecule has 27 heavy (non-hydrogen) atoms. The molecule has 4 rings (SSSR count). The van der Waals surface area contributed by atoms with Crippen LogP contribution in [-0.2, 0) is 13.1 Å². The molecule has 2 aliphatic carbocycles. The monoisotopic (exact) mass is 435 g/mol. The lowest BCUT2D eigenvalue weighted by molar-refractivity contribution is 0.266. The van der Waals surface area contributed by atoms with E-state index in [1.807, 2.05) is 0 Å². The number of hydrogen-bond acceptors (Lipinski definition) is 5. The number of hydrogen-bond donors (Lipinski definition) is 4. The van der Waals surface area contributed by atoms with E-state index in [-0.39, 0.29) is 0 Å². The van der Waals surface area contributed by atoms with Crippen LogP contribution in [0, 0.1) is 0 Å². The lowest BCUT2D eigenvalue weighted by atomic mass is 9.89. The maximum absolute atomic E-state index is 4.92. The van der Waals surface area contributed by atoms with Gasteiger partial charge in [-0.3, -0.25) is 4.98 Å². The zero-order valence-electron chi connectivity index (χ0n) is 16.3. The molecule has 2 fully saturated rings. The number of rotatable bonds is 0. The largest absolute Gasteiger partial charge is 0.311 e. The molecule has 1 aromatic rings. The second kappa shape index (κ2) is 9.79. The Kier molecular flexibility index (Phi) is 7.17. The lowest BCUT2D eigenvalue weighted by Crippen LogP contribution is -2.53. The van der Waals surface area contributed by atoms with Gasteiger partial charge in [-0.25, -0.2) is 0 Å². The minimum Gasteiger partial charge on any atom is -0.311 e. The standard InChI is InChI=1S/C21H34BrN5/c22-15-11-16-13-25-20-7-3-1-5-18(20)23-9-10-24-19-6-2-4-8-21(19)26-14-17(12-15)27-16/h11-12,18-21,23-26H,1-10,13-14H2/t18-,19-,20-,21-/m1/s1. The quantitative estimate of drug-likeness (QED) is 0.504. The Labute approximate surface area is 172 Å². The minimum absolute atomic E-state index is 0.550. The van der Waals surface area contributed by atoms with E-state index in [2.05, 4.69) is 49.3 Å². The van der Waals surface area contributed by atoms with Crippen LogP contribution in [0.1, 0.15) is 62.8 Å². The summed E-state index contributed by atoms with van der Waals surface area (Å²) in [5.74, 6) is 0. The third-order valence-electron chi connectivity index (χ3n) is 6.46. The van der Waals surface area contributed by atoms with Crippen LogP contribution in [0.4, 0.5) is 0 Å². The van der Waals surface area contributed by atoms with E-state index in [1.54, 1.807) is 0 Å². The molecule has 1 aromatic heterocycles. The van der Waals surface area contributed by atoms with Crippen molar-refractivity contribution >= 4 is 15.9 Å². The normalized spacial score (nSPS) is 33.2. The summed E-state index contributed by atoms with van der Waals surface area (Å²) in [6.45, 7) is 3.81. The van der Waals surface area contributed by atoms with E-state index in [0.29, 0.717) is 24.2 Å². The number of nitrogens with one attached hydrogen (secondary N) is 4. The molecule has 4 N–H and O–H groups in total. The smallest absolute Gasteiger partial charge is 0.0556 e. The average molecular weight is 436 g/mol. The van der Waals surface area contributed by atoms with Crippen molar-refractivity contribution in [2.45, 2.75) is 88.6 Å². The Morgan fingerprint density at radius 2 is 1.07 bits per heavy atom. The second-order valence-corrected chi connectivity index (χ2v) is 9.35. The first-order chi connectivity index (χ1) is 13.3. The highest BCUT2D eigenvalue weighted by Gasteiger charge is 2.26. The fourth-order valence-electron chi connectivity index (χ4n) is 5.02. The van der Waals surface area contributed by atoms with E-state index in [0.717, 1.165) is 42.0 Å². The SMILES string of the molecule is Brc1cc2nc(c1)CN[C@@H]1CCCC[C@H]1NCCN[C@@H]1CCCC[C@H]1NC2. The molecule has 0 unspecified atom stereocenters. The molecule has 6 heteroatoms. The third kappa shape index (κ3) is 5.51. The maximum atomic E-state index is 4.92. The fourth-order valence-corrected chi connectivity index (χ4v) is 5.54. The molecular weight excluding hydrogens is 402 g/mol. The molecule has 150 valence electrons. The van der Waals surface area contributed by atoms with Crippen molar-refractivity contribution in [2.24, 2.45) is 0 Å². The van der Waals surface area contributed by atoms with Crippen LogP contribution < -0.4 is 21.3 Å². The summed E-state index contributed by atoms with van der Waals surface area (Å²) in [6, 6.07) is 6.58. The number of nitrogens with zero attached hydrogens (tertiary/aromatic N) is 1. The number of aromatic nitrogens is 1. The maximum Gasteiger partial charge on any atom is 0.0556 e. The van der Waals surface area contributed by atoms with Gasteiger partial charge in [-0.15, -0.1) is 0 Å². The van der Waals surface area contributed by atoms with Crippen molar-refractivity contribution in [1.29, 1.82) is 0 Å². The predicted molar refractivity (Wildman–Crippen MR) is 114 cm³/mol. The van der Waals surface area contributed by atoms with Gasteiger partial charge in [0.1, 0.15) is 0 Å². The van der Waals surface area contributed by atoms with Crippen molar-refractivity contribution in [3.8, 4) is 0 Å². The van der Waals surface area contributed by atoms with Crippen molar-refractivity contribution in [1.82, 2.24) is 26.3 Å². The molecule has 0 amide bonds. The van der Waals surface area contributed by atoms with Gasteiger partial charge >= 0.3 is 0 Å². The van der Waals surface area contributed by atoms with Crippen LogP contribution in [0.3, 0.4) is 0 Å². The number of pyridine rings is 1. The number of fused-ring (bicyclic) bond motifs is 4. The van der Waals surface area contributed by atoms with Gasteiger partial charge in [-0.1, -0.05) is 41.6 Å². The van der Waals surface area contributed by atoms with E-state index in [1.165, 1.54) is 51.4 Å². The summed E-state index contributed by atoms with van der Waals surface area (Å²) in [7, 11) is 0. The zero-order chi connectivity index (χ0) is 18.5. The van der Waals surface area contributed by atoms with E-state index >= 15 is 0 Å². The van der Waals surface area contributed by atoms with Gasteiger partial charge in [0.2, 0.25) is 0 Å². The molecular formula is C21H34BrN5. The molecule has 5 nitrogen and oxygen atoms in total. The Morgan fingerprint density at radius 3 is 1.52 bits per heavy atom. The molecule has 4 atom stereocenters. The third-order valence-corrected chi connectivity index (χ3v) is 6.91. The molecule has 3 aliphatic rings. The van der Waals surface area contributed by atoms with Crippen LogP contribution in [0.15, 0.2) is 16.6 Å². The van der Waals surface area contributed by atoms with E-state index in [9.17, 15) is 0 Å². The molecule has 2 bridgehead atoms. The minimum atomic E-state index is 0.550. The molecule has 2 saturated carbocycles. The molecule has 2 heterocycles. The second-order valence-electron chi connectivity index (χ2n) is 8.43. The van der Waals surface area contributed by atoms with Crippen molar-refractivity contribution in [2.75, 3.05) is 13.1 Å². The molecule has 1 aliphatic heterocycles. The van der Waals surface area contributed by atoms with Crippen LogP contribution in [0.5, 0.6) is 0 Å². The van der Waals surface area contributed by atoms with Gasteiger partial charge in [0.05, 0.1) is 11.4 Å². The predicted octanol–water partition coefficient (Wildman–Crippen LogP) is 2.84. The van der Waals surface area contributed by atoms with E-state index in [4.69, 9.17) is 4.98 Å². The Bertz CT molecular complexity index is 562. The first-order valence-corrected chi connectivity index (χ1v) is 11.7. The van der Waals surface area contributed by atoms with Gasteiger partial charge in [0.15, 0.2) is 0 Å². The molecule has 0 radical (unpaired) electrons. The highest BCUT2D eigenvalue weighted by atomic mass is 79.9. The van der Waals surface area contributed by atoms with Crippen LogP contribution in [0.2, 0.25) is 0 Å². The highest BCUT2D eigenvalue weighted by Crippen LogP contribution is 2.21. The van der Waals surface area contributed by atoms with Gasteiger partial charge in [0.25, 0.3) is 0 Å². The summed E-state index contributed by atoms with van der Waals surface area (Å²) < 4.78 is 1.13. The van der Waals surface area contributed by atoms with Gasteiger partial charge in [0, 0.05) is 54.8 Å². The van der Waals surface area contributed by atoms with E-state index < -0.39 is 0 Å². The Hall–Kier alpha value is -0.530. The van der Waals surface area contributed by atoms with Crippen molar-refractivity contribution in [3.63, 3.8) is 0 Å². The fraction of sp³-hybridized carbons (Fsp3) is 0.762. The topological polar surface area (TPSA) is 61.0 Å². The summed E-state index contributed by atoms with van der Waals surface area (Å²) in [6.07, 6.45) is 10.4. The van der Waals surface area contributed by atoms with Gasteiger partial charge in [-0.05, 0) is 37.8 Å².